The maximum Gasteiger partial charge on any atom is 0.510 e. The minimum atomic E-state index is -0.967. The molecule has 39 heavy (non-hydrogen) atoms. The number of fused-ring (bicyclic) bond motifs is 1. The molecule has 0 atom stereocenters. The predicted molar refractivity (Wildman–Crippen MR) is 140 cm³/mol. The normalized spacial score (nSPS) is 14.3. The number of hydrogen-bond acceptors (Lipinski definition) is 8. The van der Waals surface area contributed by atoms with E-state index < -0.39 is 41.5 Å². The molecular formula is C27H37F2N5O5. The van der Waals surface area contributed by atoms with E-state index in [1.165, 1.54) is 4.57 Å². The van der Waals surface area contributed by atoms with Gasteiger partial charge in [0.15, 0.2) is 18.4 Å². The third-order valence-electron chi connectivity index (χ3n) is 6.38. The number of hydrogen-bond donors (Lipinski definition) is 0. The summed E-state index contributed by atoms with van der Waals surface area (Å²) in [5, 5.41) is 9.30. The first-order valence-electron chi connectivity index (χ1n) is 13.3. The van der Waals surface area contributed by atoms with E-state index >= 15 is 4.39 Å². The van der Waals surface area contributed by atoms with Gasteiger partial charge in [-0.3, -0.25) is 9.69 Å². The Morgan fingerprint density at radius 2 is 1.90 bits per heavy atom. The Bertz CT molecular complexity index is 1200. The number of anilines is 1. The van der Waals surface area contributed by atoms with E-state index in [9.17, 15) is 19.2 Å². The Labute approximate surface area is 227 Å². The molecule has 0 spiro atoms. The number of carbonyl (C=O) groups excluding carboxylic acids is 2. The van der Waals surface area contributed by atoms with Crippen LogP contribution in [0, 0.1) is 23.0 Å². The zero-order valence-corrected chi connectivity index (χ0v) is 23.1. The van der Waals surface area contributed by atoms with Gasteiger partial charge in [-0.1, -0.05) is 19.8 Å². The minimum Gasteiger partial charge on any atom is -0.434 e. The summed E-state index contributed by atoms with van der Waals surface area (Å²) in [6, 6.07) is 2.43. The lowest BCUT2D eigenvalue weighted by atomic mass is 10.1. The van der Waals surface area contributed by atoms with Gasteiger partial charge in [-0.15, -0.1) is 0 Å². The van der Waals surface area contributed by atoms with Crippen LogP contribution in [0.3, 0.4) is 0 Å². The molecule has 2 heterocycles. The second kappa shape index (κ2) is 13.7. The van der Waals surface area contributed by atoms with E-state index in [0.717, 1.165) is 43.4 Å². The summed E-state index contributed by atoms with van der Waals surface area (Å²) in [4.78, 5) is 33.2. The highest BCUT2D eigenvalue weighted by atomic mass is 19.1. The fourth-order valence-corrected chi connectivity index (χ4v) is 4.39. The lowest BCUT2D eigenvalue weighted by Crippen LogP contribution is -2.39. The van der Waals surface area contributed by atoms with Crippen LogP contribution in [0.25, 0.3) is 11.0 Å². The fourth-order valence-electron chi connectivity index (χ4n) is 4.39. The van der Waals surface area contributed by atoms with Gasteiger partial charge in [0, 0.05) is 31.6 Å². The zero-order chi connectivity index (χ0) is 28.6. The Hall–Kier alpha value is -3.30. The van der Waals surface area contributed by atoms with E-state index in [2.05, 4.69) is 9.88 Å². The summed E-state index contributed by atoms with van der Waals surface area (Å²) in [5.74, 6) is -2.36. The third kappa shape index (κ3) is 7.64. The second-order valence-electron chi connectivity index (χ2n) is 10.4. The number of rotatable bonds is 11. The van der Waals surface area contributed by atoms with Gasteiger partial charge in [-0.25, -0.2) is 23.5 Å². The van der Waals surface area contributed by atoms with Crippen molar-refractivity contribution in [1.82, 2.24) is 14.5 Å². The third-order valence-corrected chi connectivity index (χ3v) is 6.38. The lowest BCUT2D eigenvalue weighted by molar-refractivity contribution is -0.119. The smallest absolute Gasteiger partial charge is 0.434 e. The van der Waals surface area contributed by atoms with Crippen molar-refractivity contribution >= 4 is 29.0 Å². The minimum absolute atomic E-state index is 0.0907. The number of unbranched alkanes of at least 4 members (excludes halogenated alkanes) is 2. The van der Waals surface area contributed by atoms with Crippen LogP contribution in [0.15, 0.2) is 6.07 Å². The largest absolute Gasteiger partial charge is 0.510 e. The van der Waals surface area contributed by atoms with Crippen LogP contribution < -0.4 is 4.90 Å². The maximum absolute atomic E-state index is 15.3. The van der Waals surface area contributed by atoms with E-state index in [4.69, 9.17) is 14.2 Å². The van der Waals surface area contributed by atoms with Gasteiger partial charge >= 0.3 is 6.16 Å². The average molecular weight is 550 g/mol. The predicted octanol–water partition coefficient (Wildman–Crippen LogP) is 4.69. The van der Waals surface area contributed by atoms with Crippen molar-refractivity contribution < 1.29 is 32.6 Å². The number of amides is 1. The highest BCUT2D eigenvalue weighted by molar-refractivity contribution is 5.94. The summed E-state index contributed by atoms with van der Waals surface area (Å²) in [5.41, 5.74) is -1.93. The van der Waals surface area contributed by atoms with Crippen molar-refractivity contribution in [2.75, 3.05) is 51.1 Å². The summed E-state index contributed by atoms with van der Waals surface area (Å²) in [7, 11) is 0. The molecule has 0 aliphatic carbocycles. The van der Waals surface area contributed by atoms with E-state index in [1.807, 2.05) is 6.92 Å². The number of imidazole rings is 1. The lowest BCUT2D eigenvalue weighted by Gasteiger charge is -2.29. The molecule has 1 aromatic heterocycles. The van der Waals surface area contributed by atoms with Crippen LogP contribution >= 0.6 is 0 Å². The number of morpholine rings is 1. The van der Waals surface area contributed by atoms with Crippen molar-refractivity contribution in [1.29, 1.82) is 5.26 Å². The van der Waals surface area contributed by atoms with Crippen LogP contribution in [0.4, 0.5) is 19.5 Å². The molecule has 0 unspecified atom stereocenters. The first-order valence-corrected chi connectivity index (χ1v) is 13.3. The van der Waals surface area contributed by atoms with E-state index in [1.54, 1.807) is 26.8 Å². The average Bonchev–Trinajstić information content (AvgIpc) is 3.31. The zero-order valence-electron chi connectivity index (χ0n) is 23.1. The molecule has 0 radical (unpaired) electrons. The molecule has 0 saturated carbocycles. The number of halogens is 2. The van der Waals surface area contributed by atoms with Gasteiger partial charge in [-0.2, -0.15) is 5.26 Å². The van der Waals surface area contributed by atoms with Gasteiger partial charge < -0.3 is 18.8 Å². The van der Waals surface area contributed by atoms with Gasteiger partial charge in [0.25, 0.3) is 0 Å². The summed E-state index contributed by atoms with van der Waals surface area (Å²) in [6.07, 6.45) is 2.02. The highest BCUT2D eigenvalue weighted by Gasteiger charge is 2.32. The Balaban J connectivity index is 1.84. The quantitative estimate of drug-likeness (QED) is 0.226. The molecule has 3 rings (SSSR count). The molecule has 214 valence electrons. The van der Waals surface area contributed by atoms with Crippen molar-refractivity contribution in [2.45, 2.75) is 65.3 Å². The van der Waals surface area contributed by atoms with Crippen LogP contribution in [0.2, 0.25) is 0 Å². The Morgan fingerprint density at radius 1 is 1.18 bits per heavy atom. The Morgan fingerprint density at radius 3 is 2.54 bits per heavy atom. The number of ether oxygens (including phenoxy) is 3. The first-order chi connectivity index (χ1) is 18.6. The van der Waals surface area contributed by atoms with E-state index in [0.29, 0.717) is 26.1 Å². The Kier molecular flexibility index (Phi) is 10.6. The molecular weight excluding hydrogens is 512 g/mol. The fraction of sp³-hybridized carbons (Fsp3) is 0.630. The standard InChI is InChI=1S/C27H37F2N5O5/c1-5-6-7-9-21(35)33(18-39-26(36)38-13-8-10-32-11-14-37-15-12-32)25-31-23-20(28)16-19(17-30)22(29)24(23)34(25)27(2,3)4/h16H,5-15,18H2,1-4H3. The van der Waals surface area contributed by atoms with Crippen molar-refractivity contribution in [3.05, 3.63) is 23.3 Å². The molecule has 1 aromatic carbocycles. The molecule has 10 nitrogen and oxygen atoms in total. The van der Waals surface area contributed by atoms with E-state index in [-0.39, 0.29) is 30.0 Å². The number of carbonyl (C=O) groups is 2. The van der Waals surface area contributed by atoms with Gasteiger partial charge in [-0.05, 0) is 39.7 Å². The number of benzene rings is 1. The van der Waals surface area contributed by atoms with Crippen LogP contribution in [-0.2, 0) is 24.5 Å². The van der Waals surface area contributed by atoms with Crippen molar-refractivity contribution in [2.24, 2.45) is 0 Å². The van der Waals surface area contributed by atoms with Gasteiger partial charge in [0.2, 0.25) is 11.9 Å². The summed E-state index contributed by atoms with van der Waals surface area (Å²) < 4.78 is 47.4. The highest BCUT2D eigenvalue weighted by Crippen LogP contribution is 2.34. The molecule has 0 N–H and O–H groups in total. The maximum atomic E-state index is 15.3. The number of nitriles is 1. The van der Waals surface area contributed by atoms with Crippen molar-refractivity contribution in [3.63, 3.8) is 0 Å². The molecule has 1 amide bonds. The molecule has 1 fully saturated rings. The van der Waals surface area contributed by atoms with Crippen LogP contribution in [0.5, 0.6) is 0 Å². The van der Waals surface area contributed by atoms with Crippen LogP contribution in [0.1, 0.15) is 65.4 Å². The monoisotopic (exact) mass is 549 g/mol. The summed E-state index contributed by atoms with van der Waals surface area (Å²) >= 11 is 0. The number of aromatic nitrogens is 2. The molecule has 2 aromatic rings. The summed E-state index contributed by atoms with van der Waals surface area (Å²) in [6.45, 7) is 10.5. The molecule has 1 saturated heterocycles. The molecule has 0 bridgehead atoms. The van der Waals surface area contributed by atoms with Gasteiger partial charge in [0.05, 0.1) is 25.4 Å². The first kappa shape index (κ1) is 30.2. The molecule has 1 aliphatic rings. The van der Waals surface area contributed by atoms with Gasteiger partial charge in [0.1, 0.15) is 17.1 Å². The topological polar surface area (TPSA) is 110 Å². The second-order valence-corrected chi connectivity index (χ2v) is 10.4. The molecule has 12 heteroatoms. The van der Waals surface area contributed by atoms with Crippen molar-refractivity contribution in [3.8, 4) is 6.07 Å². The SMILES string of the molecule is CCCCCC(=O)N(COC(=O)OCCCN1CCOCC1)c1nc2c(F)cc(C#N)c(F)c2n1C(C)(C)C. The molecule has 1 aliphatic heterocycles. The number of nitrogens with zero attached hydrogens (tertiary/aromatic N) is 5. The van der Waals surface area contributed by atoms with Crippen LogP contribution in [-0.4, -0.2) is 72.7 Å².